The lowest BCUT2D eigenvalue weighted by Crippen LogP contribution is -2.43. The van der Waals surface area contributed by atoms with E-state index in [-0.39, 0.29) is 12.8 Å². The second-order valence-corrected chi connectivity index (χ2v) is 11.9. The van der Waals surface area contributed by atoms with Crippen LogP contribution < -0.4 is 20.9 Å². The fraction of sp³-hybridized carbons (Fsp3) is 0.211. The van der Waals surface area contributed by atoms with Gasteiger partial charge in [0.25, 0.3) is 0 Å². The molecule has 0 fully saturated rings. The van der Waals surface area contributed by atoms with Gasteiger partial charge in [0, 0.05) is 23.6 Å². The Hall–Kier alpha value is -5.58. The van der Waals surface area contributed by atoms with Gasteiger partial charge in [-0.15, -0.1) is 0 Å². The van der Waals surface area contributed by atoms with Gasteiger partial charge in [-0.3, -0.25) is 11.5 Å². The zero-order valence-electron chi connectivity index (χ0n) is 26.5. The van der Waals surface area contributed by atoms with E-state index in [0.29, 0.717) is 23.0 Å². The zero-order valence-corrected chi connectivity index (χ0v) is 26.5. The quantitative estimate of drug-likeness (QED) is 0.0815. The SMILES string of the molecule is CC(CC(N)OC(=O)C(=O)OC(N)CC(C)(Oc1cccc2ccccc12)c1ccco1)(Oc1cccc2ccccc12)c1ccco1. The summed E-state index contributed by atoms with van der Waals surface area (Å²) in [5.74, 6) is -0.536. The monoisotopic (exact) mass is 648 g/mol. The highest BCUT2D eigenvalue weighted by Gasteiger charge is 2.39. The highest BCUT2D eigenvalue weighted by molar-refractivity contribution is 6.29. The van der Waals surface area contributed by atoms with Gasteiger partial charge in [-0.05, 0) is 61.0 Å². The van der Waals surface area contributed by atoms with E-state index in [1.807, 2.05) is 84.9 Å². The lowest BCUT2D eigenvalue weighted by atomic mass is 9.97. The third-order valence-corrected chi connectivity index (χ3v) is 8.12. The van der Waals surface area contributed by atoms with Crippen LogP contribution in [0.1, 0.15) is 38.2 Å². The van der Waals surface area contributed by atoms with Crippen molar-refractivity contribution in [3.8, 4) is 11.5 Å². The average molecular weight is 649 g/mol. The Morgan fingerprint density at radius 3 is 1.38 bits per heavy atom. The number of hydrogen-bond acceptors (Lipinski definition) is 10. The van der Waals surface area contributed by atoms with Crippen LogP contribution in [-0.4, -0.2) is 24.4 Å². The summed E-state index contributed by atoms with van der Waals surface area (Å²) in [6.45, 7) is 3.53. The van der Waals surface area contributed by atoms with Crippen LogP contribution in [0.4, 0.5) is 0 Å². The maximum atomic E-state index is 12.9. The molecule has 6 rings (SSSR count). The minimum Gasteiger partial charge on any atom is -0.479 e. The van der Waals surface area contributed by atoms with Crippen LogP contribution in [0.25, 0.3) is 21.5 Å². The zero-order chi connectivity index (χ0) is 33.7. The molecule has 0 saturated heterocycles. The molecule has 0 amide bonds. The molecule has 6 aromatic rings. The number of carbonyl (C=O) groups excluding carboxylic acids is 2. The minimum absolute atomic E-state index is 0.0513. The molecule has 4 N–H and O–H groups in total. The molecule has 2 aromatic heterocycles. The molecule has 48 heavy (non-hydrogen) atoms. The van der Waals surface area contributed by atoms with Gasteiger partial charge in [0.15, 0.2) is 23.7 Å². The Bertz CT molecular complexity index is 1850. The first-order chi connectivity index (χ1) is 23.1. The van der Waals surface area contributed by atoms with Crippen molar-refractivity contribution in [1.29, 1.82) is 0 Å². The molecule has 4 atom stereocenters. The summed E-state index contributed by atoms with van der Waals surface area (Å²) >= 11 is 0. The highest BCUT2D eigenvalue weighted by Crippen LogP contribution is 2.38. The van der Waals surface area contributed by atoms with Gasteiger partial charge in [-0.2, -0.15) is 0 Å². The lowest BCUT2D eigenvalue weighted by Gasteiger charge is -2.32. The van der Waals surface area contributed by atoms with Gasteiger partial charge in [0.2, 0.25) is 0 Å². The number of ether oxygens (including phenoxy) is 4. The maximum Gasteiger partial charge on any atom is 0.419 e. The molecular weight excluding hydrogens is 612 g/mol. The first-order valence-electron chi connectivity index (χ1n) is 15.5. The van der Waals surface area contributed by atoms with Crippen molar-refractivity contribution in [3.63, 3.8) is 0 Å². The van der Waals surface area contributed by atoms with Crippen LogP contribution in [0.5, 0.6) is 11.5 Å². The smallest absolute Gasteiger partial charge is 0.419 e. The summed E-state index contributed by atoms with van der Waals surface area (Å²) in [5.41, 5.74) is 10.2. The minimum atomic E-state index is -1.31. The van der Waals surface area contributed by atoms with Gasteiger partial charge < -0.3 is 27.8 Å². The van der Waals surface area contributed by atoms with Crippen LogP contribution in [0.3, 0.4) is 0 Å². The van der Waals surface area contributed by atoms with E-state index in [9.17, 15) is 9.59 Å². The molecule has 4 unspecified atom stereocenters. The number of benzene rings is 4. The standard InChI is InChI=1S/C38H36N2O8/c1-37(31-19-9-21-43-31,47-29-17-7-13-25-11-3-5-15-27(25)29)23-33(39)45-35(41)36(42)46-34(40)24-38(2,32-20-10-22-44-32)48-30-18-8-14-26-12-4-6-16-28(26)30/h3-22,33-34H,23-24,39-40H2,1-2H3. The molecule has 0 saturated carbocycles. The molecular formula is C38H36N2O8. The molecule has 2 heterocycles. The Labute approximate surface area is 277 Å². The highest BCUT2D eigenvalue weighted by atomic mass is 16.6. The van der Waals surface area contributed by atoms with Crippen LogP contribution >= 0.6 is 0 Å². The van der Waals surface area contributed by atoms with E-state index >= 15 is 0 Å². The molecule has 246 valence electrons. The van der Waals surface area contributed by atoms with E-state index in [2.05, 4.69) is 0 Å². The van der Waals surface area contributed by atoms with Crippen molar-refractivity contribution in [2.24, 2.45) is 11.5 Å². The molecule has 0 aliphatic heterocycles. The second kappa shape index (κ2) is 13.6. The Morgan fingerprint density at radius 1 is 0.583 bits per heavy atom. The molecule has 0 aliphatic rings. The number of carbonyl (C=O) groups is 2. The normalized spacial score (nSPS) is 15.2. The van der Waals surface area contributed by atoms with E-state index in [4.69, 9.17) is 39.2 Å². The van der Waals surface area contributed by atoms with Crippen molar-refractivity contribution >= 4 is 33.5 Å². The molecule has 0 aliphatic carbocycles. The molecule has 10 nitrogen and oxygen atoms in total. The van der Waals surface area contributed by atoms with Gasteiger partial charge in [0.1, 0.15) is 23.0 Å². The number of furan rings is 2. The third kappa shape index (κ3) is 7.05. The van der Waals surface area contributed by atoms with Gasteiger partial charge >= 0.3 is 11.9 Å². The van der Waals surface area contributed by atoms with E-state index in [0.717, 1.165) is 21.5 Å². The molecule has 10 heteroatoms. The van der Waals surface area contributed by atoms with Crippen LogP contribution in [-0.2, 0) is 30.3 Å². The maximum absolute atomic E-state index is 12.9. The average Bonchev–Trinajstić information content (AvgIpc) is 3.81. The van der Waals surface area contributed by atoms with E-state index in [1.165, 1.54) is 12.5 Å². The van der Waals surface area contributed by atoms with Crippen LogP contribution in [0.15, 0.2) is 131 Å². The molecule has 0 spiro atoms. The number of rotatable bonds is 12. The molecule has 0 bridgehead atoms. The predicted octanol–water partition coefficient (Wildman–Crippen LogP) is 6.90. The number of fused-ring (bicyclic) bond motifs is 2. The number of esters is 2. The van der Waals surface area contributed by atoms with Crippen molar-refractivity contribution in [3.05, 3.63) is 133 Å². The third-order valence-electron chi connectivity index (χ3n) is 8.12. The first-order valence-corrected chi connectivity index (χ1v) is 15.5. The second-order valence-electron chi connectivity index (χ2n) is 11.9. The summed E-state index contributed by atoms with van der Waals surface area (Å²) < 4.78 is 35.0. The summed E-state index contributed by atoms with van der Waals surface area (Å²) in [4.78, 5) is 25.8. The summed E-state index contributed by atoms with van der Waals surface area (Å²) in [5, 5.41) is 3.73. The topological polar surface area (TPSA) is 149 Å². The van der Waals surface area contributed by atoms with Gasteiger partial charge in [0.05, 0.1) is 12.5 Å². The summed E-state index contributed by atoms with van der Waals surface area (Å²) in [6, 6.07) is 33.8. The van der Waals surface area contributed by atoms with Crippen molar-refractivity contribution in [2.75, 3.05) is 0 Å². The van der Waals surface area contributed by atoms with Gasteiger partial charge in [-0.1, -0.05) is 72.8 Å². The van der Waals surface area contributed by atoms with Gasteiger partial charge in [-0.25, -0.2) is 9.59 Å². The van der Waals surface area contributed by atoms with Crippen molar-refractivity contribution < 1.29 is 37.4 Å². The van der Waals surface area contributed by atoms with Crippen LogP contribution in [0.2, 0.25) is 0 Å². The fourth-order valence-corrected chi connectivity index (χ4v) is 5.82. The molecule has 0 radical (unpaired) electrons. The summed E-state index contributed by atoms with van der Waals surface area (Å²) in [6.07, 6.45) is 0.381. The van der Waals surface area contributed by atoms with E-state index < -0.39 is 35.6 Å². The van der Waals surface area contributed by atoms with Crippen molar-refractivity contribution in [1.82, 2.24) is 0 Å². The van der Waals surface area contributed by atoms with E-state index in [1.54, 1.807) is 38.1 Å². The Kier molecular flexibility index (Phi) is 9.20. The van der Waals surface area contributed by atoms with Crippen LogP contribution in [0, 0.1) is 0 Å². The Balaban J connectivity index is 1.12. The lowest BCUT2D eigenvalue weighted by molar-refractivity contribution is -0.176. The number of nitrogens with two attached hydrogens (primary N) is 2. The first kappa shape index (κ1) is 32.4. The Morgan fingerprint density at radius 2 is 0.979 bits per heavy atom. The summed E-state index contributed by atoms with van der Waals surface area (Å²) in [7, 11) is 0. The van der Waals surface area contributed by atoms with Crippen molar-refractivity contribution in [2.45, 2.75) is 50.3 Å². The largest absolute Gasteiger partial charge is 0.479 e. The fourth-order valence-electron chi connectivity index (χ4n) is 5.82. The molecule has 4 aromatic carbocycles. The number of hydrogen-bond donors (Lipinski definition) is 2. The predicted molar refractivity (Wildman–Crippen MR) is 179 cm³/mol.